The lowest BCUT2D eigenvalue weighted by Crippen LogP contribution is -1.99. The molecule has 0 aliphatic carbocycles. The molecule has 3 aromatic heterocycles. The molecule has 4 aromatic carbocycles. The molecule has 3 heterocycles. The molecular weight excluding hydrogens is 390 g/mol. The summed E-state index contributed by atoms with van der Waals surface area (Å²) in [5.74, 6) is 0.927. The Morgan fingerprint density at radius 1 is 0.438 bits per heavy atom. The fraction of sp³-hybridized carbons (Fsp3) is 0. The van der Waals surface area contributed by atoms with Gasteiger partial charge >= 0.3 is 0 Å². The highest BCUT2D eigenvalue weighted by Crippen LogP contribution is 2.41. The second-order valence-corrected chi connectivity index (χ2v) is 8.09. The van der Waals surface area contributed by atoms with E-state index in [4.69, 9.17) is 4.98 Å². The van der Waals surface area contributed by atoms with Gasteiger partial charge in [-0.25, -0.2) is 4.98 Å². The summed E-state index contributed by atoms with van der Waals surface area (Å²) in [6, 6.07) is 38.5. The van der Waals surface area contributed by atoms with Crippen LogP contribution in [-0.4, -0.2) is 14.1 Å². The first kappa shape index (κ1) is 17.3. The van der Waals surface area contributed by atoms with Crippen molar-refractivity contribution in [2.45, 2.75) is 0 Å². The van der Waals surface area contributed by atoms with E-state index in [1.165, 1.54) is 43.6 Å². The van der Waals surface area contributed by atoms with E-state index in [0.717, 1.165) is 11.5 Å². The predicted octanol–water partition coefficient (Wildman–Crippen LogP) is 7.28. The number of pyridine rings is 1. The molecule has 3 heteroatoms. The Morgan fingerprint density at radius 3 is 1.66 bits per heavy atom. The third-order valence-corrected chi connectivity index (χ3v) is 6.36. The smallest absolute Gasteiger partial charge is 0.137 e. The number of rotatable bonds is 2. The lowest BCUT2D eigenvalue weighted by Gasteiger charge is -2.11. The molecular formula is C29H19N3. The molecule has 0 saturated carbocycles. The number of para-hydroxylation sites is 3. The lowest BCUT2D eigenvalue weighted by atomic mass is 10.1. The summed E-state index contributed by atoms with van der Waals surface area (Å²) in [6.45, 7) is 0. The maximum atomic E-state index is 4.74. The zero-order chi connectivity index (χ0) is 21.1. The maximum Gasteiger partial charge on any atom is 0.137 e. The van der Waals surface area contributed by atoms with Crippen molar-refractivity contribution in [3.63, 3.8) is 0 Å². The van der Waals surface area contributed by atoms with E-state index in [9.17, 15) is 0 Å². The Labute approximate surface area is 184 Å². The summed E-state index contributed by atoms with van der Waals surface area (Å²) in [6.07, 6.45) is 1.86. The van der Waals surface area contributed by atoms with Crippen LogP contribution >= 0.6 is 0 Å². The van der Waals surface area contributed by atoms with Crippen LogP contribution in [0.2, 0.25) is 0 Å². The van der Waals surface area contributed by atoms with Crippen LogP contribution in [0.25, 0.3) is 55.1 Å². The topological polar surface area (TPSA) is 22.8 Å². The largest absolute Gasteiger partial charge is 0.307 e. The van der Waals surface area contributed by atoms with Crippen LogP contribution in [0, 0.1) is 0 Å². The molecule has 0 saturated heterocycles. The Morgan fingerprint density at radius 2 is 1.00 bits per heavy atom. The van der Waals surface area contributed by atoms with E-state index < -0.39 is 0 Å². The first-order valence-corrected chi connectivity index (χ1v) is 10.8. The summed E-state index contributed by atoms with van der Waals surface area (Å²) in [4.78, 5) is 4.74. The zero-order valence-corrected chi connectivity index (χ0v) is 17.3. The number of aromatic nitrogens is 3. The summed E-state index contributed by atoms with van der Waals surface area (Å²) >= 11 is 0. The Hall–Kier alpha value is -4.37. The molecule has 0 aliphatic rings. The van der Waals surface area contributed by atoms with Crippen molar-refractivity contribution in [1.82, 2.24) is 14.1 Å². The van der Waals surface area contributed by atoms with E-state index in [-0.39, 0.29) is 0 Å². The van der Waals surface area contributed by atoms with Crippen molar-refractivity contribution in [2.24, 2.45) is 0 Å². The Kier molecular flexibility index (Phi) is 3.55. The van der Waals surface area contributed by atoms with Crippen LogP contribution < -0.4 is 0 Å². The third kappa shape index (κ3) is 2.28. The molecule has 7 aromatic rings. The number of benzene rings is 4. The summed E-state index contributed by atoms with van der Waals surface area (Å²) in [5, 5.41) is 4.97. The fourth-order valence-electron chi connectivity index (χ4n) is 5.07. The van der Waals surface area contributed by atoms with Crippen molar-refractivity contribution in [3.8, 4) is 11.5 Å². The van der Waals surface area contributed by atoms with Gasteiger partial charge in [0.25, 0.3) is 0 Å². The molecule has 3 nitrogen and oxygen atoms in total. The average molecular weight is 409 g/mol. The van der Waals surface area contributed by atoms with Crippen molar-refractivity contribution in [1.29, 1.82) is 0 Å². The minimum absolute atomic E-state index is 0.927. The highest BCUT2D eigenvalue weighted by atomic mass is 15.1. The molecule has 150 valence electrons. The minimum Gasteiger partial charge on any atom is -0.307 e. The molecule has 0 radical (unpaired) electrons. The van der Waals surface area contributed by atoms with Crippen molar-refractivity contribution < 1.29 is 0 Å². The van der Waals surface area contributed by atoms with Gasteiger partial charge in [-0.2, -0.15) is 0 Å². The van der Waals surface area contributed by atoms with Gasteiger partial charge in [0.15, 0.2) is 0 Å². The van der Waals surface area contributed by atoms with E-state index in [2.05, 4.69) is 112 Å². The van der Waals surface area contributed by atoms with Gasteiger partial charge in [-0.15, -0.1) is 0 Å². The number of hydrogen-bond acceptors (Lipinski definition) is 1. The second-order valence-electron chi connectivity index (χ2n) is 8.09. The van der Waals surface area contributed by atoms with Crippen LogP contribution in [-0.2, 0) is 0 Å². The summed E-state index contributed by atoms with van der Waals surface area (Å²) in [5.41, 5.74) is 5.92. The molecule has 0 N–H and O–H groups in total. The Bertz CT molecular complexity index is 1620. The van der Waals surface area contributed by atoms with E-state index in [0.29, 0.717) is 0 Å². The van der Waals surface area contributed by atoms with E-state index in [1.807, 2.05) is 12.3 Å². The lowest BCUT2D eigenvalue weighted by molar-refractivity contribution is 1.08. The zero-order valence-electron chi connectivity index (χ0n) is 17.3. The van der Waals surface area contributed by atoms with Crippen LogP contribution in [0.4, 0.5) is 0 Å². The minimum atomic E-state index is 0.927. The monoisotopic (exact) mass is 409 g/mol. The first-order valence-electron chi connectivity index (χ1n) is 10.8. The van der Waals surface area contributed by atoms with Gasteiger partial charge in [0.1, 0.15) is 5.82 Å². The van der Waals surface area contributed by atoms with Gasteiger partial charge in [-0.3, -0.25) is 4.57 Å². The van der Waals surface area contributed by atoms with Crippen LogP contribution in [0.3, 0.4) is 0 Å². The quantitative estimate of drug-likeness (QED) is 0.294. The van der Waals surface area contributed by atoms with Gasteiger partial charge in [-0.1, -0.05) is 72.8 Å². The van der Waals surface area contributed by atoms with Crippen LogP contribution in [0.15, 0.2) is 115 Å². The van der Waals surface area contributed by atoms with Crippen molar-refractivity contribution in [2.75, 3.05) is 0 Å². The third-order valence-electron chi connectivity index (χ3n) is 6.36. The molecule has 0 amide bonds. The number of fused-ring (bicyclic) bond motifs is 7. The summed E-state index contributed by atoms with van der Waals surface area (Å²) in [7, 11) is 0. The Balaban J connectivity index is 1.81. The van der Waals surface area contributed by atoms with Gasteiger partial charge in [0.2, 0.25) is 0 Å². The number of nitrogens with zero attached hydrogens (tertiary/aromatic N) is 3. The van der Waals surface area contributed by atoms with Crippen molar-refractivity contribution in [3.05, 3.63) is 115 Å². The first-order chi connectivity index (χ1) is 15.9. The normalized spacial score (nSPS) is 11.8. The molecule has 0 bridgehead atoms. The molecule has 32 heavy (non-hydrogen) atoms. The standard InChI is InChI=1S/C29H19N3/c1-2-10-20(11-3-1)31-25-14-6-4-12-21(25)23-17-18-24-22-13-5-7-15-26(22)32(29(24)28(23)31)27-16-8-9-19-30-27/h1-19H. The molecule has 7 rings (SSSR count). The highest BCUT2D eigenvalue weighted by Gasteiger charge is 2.20. The van der Waals surface area contributed by atoms with Crippen molar-refractivity contribution >= 4 is 43.6 Å². The van der Waals surface area contributed by atoms with Gasteiger partial charge in [-0.05, 0) is 36.4 Å². The van der Waals surface area contributed by atoms with Gasteiger partial charge < -0.3 is 4.57 Å². The van der Waals surface area contributed by atoms with E-state index >= 15 is 0 Å². The average Bonchev–Trinajstić information content (AvgIpc) is 3.38. The van der Waals surface area contributed by atoms with Crippen LogP contribution in [0.1, 0.15) is 0 Å². The fourth-order valence-corrected chi connectivity index (χ4v) is 5.07. The second kappa shape index (κ2) is 6.56. The SMILES string of the molecule is c1ccc(-n2c3ccccc3c3ccc4c5ccccc5n(-c5ccccn5)c4c32)cc1. The summed E-state index contributed by atoms with van der Waals surface area (Å²) < 4.78 is 4.70. The van der Waals surface area contributed by atoms with Crippen LogP contribution in [0.5, 0.6) is 0 Å². The van der Waals surface area contributed by atoms with Gasteiger partial charge in [0.05, 0.1) is 22.1 Å². The van der Waals surface area contributed by atoms with E-state index in [1.54, 1.807) is 0 Å². The van der Waals surface area contributed by atoms with Gasteiger partial charge in [0, 0.05) is 33.4 Å². The molecule has 0 unspecified atom stereocenters. The highest BCUT2D eigenvalue weighted by molar-refractivity contribution is 6.23. The molecule has 0 aliphatic heterocycles. The molecule has 0 atom stereocenters. The number of hydrogen-bond donors (Lipinski definition) is 0. The molecule has 0 fully saturated rings. The maximum absolute atomic E-state index is 4.74. The predicted molar refractivity (Wildman–Crippen MR) is 133 cm³/mol. The molecule has 0 spiro atoms.